The van der Waals surface area contributed by atoms with Crippen molar-refractivity contribution < 1.29 is 4.74 Å². The van der Waals surface area contributed by atoms with Crippen molar-refractivity contribution in [3.8, 4) is 0 Å². The molecule has 0 spiro atoms. The van der Waals surface area contributed by atoms with Crippen molar-refractivity contribution in [2.24, 2.45) is 0 Å². The first-order valence-corrected chi connectivity index (χ1v) is 5.82. The van der Waals surface area contributed by atoms with Crippen LogP contribution in [0.15, 0.2) is 24.3 Å². The molecule has 1 atom stereocenters. The molecule has 0 saturated carbocycles. The normalized spacial score (nSPS) is 25.7. The van der Waals surface area contributed by atoms with Gasteiger partial charge in [-0.25, -0.2) is 0 Å². The van der Waals surface area contributed by atoms with Crippen molar-refractivity contribution in [1.29, 1.82) is 0 Å². The molecule has 2 heteroatoms. The number of rotatable bonds is 2. The van der Waals surface area contributed by atoms with Crippen LogP contribution in [0, 0.1) is 0 Å². The number of ether oxygens (including phenoxy) is 1. The fraction of sp³-hybridized carbons (Fsp3) is 0.538. The number of hydrogen-bond acceptors (Lipinski definition) is 2. The highest BCUT2D eigenvalue weighted by Gasteiger charge is 2.26. The van der Waals surface area contributed by atoms with Crippen LogP contribution >= 0.6 is 0 Å². The van der Waals surface area contributed by atoms with Crippen LogP contribution in [0.25, 0.3) is 0 Å². The Bertz CT molecular complexity index is 346. The van der Waals surface area contributed by atoms with Gasteiger partial charge in [-0.15, -0.1) is 0 Å². The molecule has 1 saturated heterocycles. The van der Waals surface area contributed by atoms with Crippen molar-refractivity contribution in [3.05, 3.63) is 35.4 Å². The lowest BCUT2D eigenvalue weighted by atomic mass is 10.0. The highest BCUT2D eigenvalue weighted by Crippen LogP contribution is 2.20. The molecule has 1 aromatic carbocycles. The minimum atomic E-state index is 0.523. The van der Waals surface area contributed by atoms with E-state index < -0.39 is 0 Å². The number of aryl methyl sites for hydroxylation is 1. The van der Waals surface area contributed by atoms with Crippen molar-refractivity contribution in [2.75, 3.05) is 19.7 Å². The van der Waals surface area contributed by atoms with E-state index in [1.165, 1.54) is 30.5 Å². The van der Waals surface area contributed by atoms with E-state index in [4.69, 9.17) is 4.74 Å². The molecule has 1 unspecified atom stereocenters. The summed E-state index contributed by atoms with van der Waals surface area (Å²) in [7, 11) is 0. The lowest BCUT2D eigenvalue weighted by molar-refractivity contribution is 0.238. The predicted octanol–water partition coefficient (Wildman–Crippen LogP) is 1.83. The Hall–Kier alpha value is -0.860. The third kappa shape index (κ3) is 2.21. The lowest BCUT2D eigenvalue weighted by Crippen LogP contribution is -2.27. The van der Waals surface area contributed by atoms with Gasteiger partial charge in [0.2, 0.25) is 0 Å². The summed E-state index contributed by atoms with van der Waals surface area (Å²) in [6.45, 7) is 4.41. The second kappa shape index (κ2) is 3.95. The molecule has 0 aromatic heterocycles. The van der Waals surface area contributed by atoms with Gasteiger partial charge in [-0.1, -0.05) is 24.3 Å². The Morgan fingerprint density at radius 3 is 2.87 bits per heavy atom. The summed E-state index contributed by atoms with van der Waals surface area (Å²) in [5, 5.41) is 0. The molecule has 2 aliphatic rings. The molecular formula is C13H17NO. The minimum Gasteiger partial charge on any atom is -0.372 e. The number of epoxide rings is 1. The quantitative estimate of drug-likeness (QED) is 0.682. The monoisotopic (exact) mass is 203 g/mol. The Labute approximate surface area is 90.8 Å². The van der Waals surface area contributed by atoms with E-state index in [1.807, 2.05) is 0 Å². The Morgan fingerprint density at radius 2 is 2.07 bits per heavy atom. The molecule has 80 valence electrons. The van der Waals surface area contributed by atoms with Crippen LogP contribution in [0.1, 0.15) is 17.5 Å². The SMILES string of the molecule is c1ccc2c(c1)CCCN(CC1CO1)C2. The van der Waals surface area contributed by atoms with Crippen molar-refractivity contribution in [1.82, 2.24) is 4.90 Å². The maximum Gasteiger partial charge on any atom is 0.0936 e. The number of hydrogen-bond donors (Lipinski definition) is 0. The van der Waals surface area contributed by atoms with Gasteiger partial charge in [-0.3, -0.25) is 4.90 Å². The Morgan fingerprint density at radius 1 is 1.27 bits per heavy atom. The first-order chi connectivity index (χ1) is 7.42. The summed E-state index contributed by atoms with van der Waals surface area (Å²) in [4.78, 5) is 2.53. The van der Waals surface area contributed by atoms with Crippen LogP contribution in [-0.2, 0) is 17.7 Å². The van der Waals surface area contributed by atoms with Crippen LogP contribution in [-0.4, -0.2) is 30.7 Å². The molecule has 2 aliphatic heterocycles. The van der Waals surface area contributed by atoms with E-state index in [-0.39, 0.29) is 0 Å². The molecule has 0 amide bonds. The van der Waals surface area contributed by atoms with E-state index in [9.17, 15) is 0 Å². The summed E-state index contributed by atoms with van der Waals surface area (Å²) in [5.74, 6) is 0. The van der Waals surface area contributed by atoms with Gasteiger partial charge in [0.1, 0.15) is 0 Å². The molecular weight excluding hydrogens is 186 g/mol. The number of nitrogens with zero attached hydrogens (tertiary/aromatic N) is 1. The van der Waals surface area contributed by atoms with Crippen LogP contribution in [0.3, 0.4) is 0 Å². The van der Waals surface area contributed by atoms with E-state index in [1.54, 1.807) is 0 Å². The molecule has 1 aromatic rings. The van der Waals surface area contributed by atoms with Gasteiger partial charge in [0.05, 0.1) is 12.7 Å². The molecule has 0 N–H and O–H groups in total. The number of benzene rings is 1. The lowest BCUT2D eigenvalue weighted by Gasteiger charge is -2.18. The molecule has 2 heterocycles. The van der Waals surface area contributed by atoms with Gasteiger partial charge in [-0.2, -0.15) is 0 Å². The highest BCUT2D eigenvalue weighted by atomic mass is 16.6. The van der Waals surface area contributed by atoms with E-state index >= 15 is 0 Å². The molecule has 0 bridgehead atoms. The van der Waals surface area contributed by atoms with Crippen molar-refractivity contribution >= 4 is 0 Å². The Kier molecular flexibility index (Phi) is 2.47. The van der Waals surface area contributed by atoms with Crippen LogP contribution in [0.2, 0.25) is 0 Å². The fourth-order valence-electron chi connectivity index (χ4n) is 2.39. The standard InChI is InChI=1S/C13H17NO/c1-2-5-12-8-14(9-13-10-15-13)7-3-6-11(12)4-1/h1-2,4-5,13H,3,6-10H2. The minimum absolute atomic E-state index is 0.523. The van der Waals surface area contributed by atoms with Crippen LogP contribution in [0.5, 0.6) is 0 Å². The second-order valence-corrected chi connectivity index (χ2v) is 4.56. The average Bonchev–Trinajstić information content (AvgIpc) is 3.04. The topological polar surface area (TPSA) is 15.8 Å². The zero-order chi connectivity index (χ0) is 10.1. The molecule has 1 fully saturated rings. The van der Waals surface area contributed by atoms with E-state index in [0.717, 1.165) is 19.7 Å². The largest absolute Gasteiger partial charge is 0.372 e. The average molecular weight is 203 g/mol. The van der Waals surface area contributed by atoms with Gasteiger partial charge in [0.25, 0.3) is 0 Å². The third-order valence-corrected chi connectivity index (χ3v) is 3.30. The molecule has 0 aliphatic carbocycles. The fourth-order valence-corrected chi connectivity index (χ4v) is 2.39. The van der Waals surface area contributed by atoms with Gasteiger partial charge in [-0.05, 0) is 30.5 Å². The summed E-state index contributed by atoms with van der Waals surface area (Å²) < 4.78 is 5.30. The van der Waals surface area contributed by atoms with Crippen LogP contribution < -0.4 is 0 Å². The van der Waals surface area contributed by atoms with Gasteiger partial charge in [0.15, 0.2) is 0 Å². The maximum atomic E-state index is 5.30. The molecule has 2 nitrogen and oxygen atoms in total. The summed E-state index contributed by atoms with van der Waals surface area (Å²) >= 11 is 0. The third-order valence-electron chi connectivity index (χ3n) is 3.30. The zero-order valence-corrected chi connectivity index (χ0v) is 8.98. The first kappa shape index (κ1) is 9.37. The molecule has 3 rings (SSSR count). The van der Waals surface area contributed by atoms with Gasteiger partial charge < -0.3 is 4.74 Å². The van der Waals surface area contributed by atoms with E-state index in [0.29, 0.717) is 6.10 Å². The maximum absolute atomic E-state index is 5.30. The summed E-state index contributed by atoms with van der Waals surface area (Å²) in [6, 6.07) is 8.84. The van der Waals surface area contributed by atoms with Crippen molar-refractivity contribution in [3.63, 3.8) is 0 Å². The highest BCUT2D eigenvalue weighted by molar-refractivity contribution is 5.28. The molecule has 0 radical (unpaired) electrons. The summed E-state index contributed by atoms with van der Waals surface area (Å²) in [6.07, 6.45) is 3.04. The zero-order valence-electron chi connectivity index (χ0n) is 8.98. The van der Waals surface area contributed by atoms with Crippen molar-refractivity contribution in [2.45, 2.75) is 25.5 Å². The van der Waals surface area contributed by atoms with Gasteiger partial charge >= 0.3 is 0 Å². The summed E-state index contributed by atoms with van der Waals surface area (Å²) in [5.41, 5.74) is 3.05. The number of fused-ring (bicyclic) bond motifs is 1. The second-order valence-electron chi connectivity index (χ2n) is 4.56. The van der Waals surface area contributed by atoms with Gasteiger partial charge in [0, 0.05) is 13.1 Å². The molecule has 15 heavy (non-hydrogen) atoms. The first-order valence-electron chi connectivity index (χ1n) is 5.82. The Balaban J connectivity index is 1.74. The van der Waals surface area contributed by atoms with Crippen LogP contribution in [0.4, 0.5) is 0 Å². The smallest absolute Gasteiger partial charge is 0.0936 e. The van der Waals surface area contributed by atoms with E-state index in [2.05, 4.69) is 29.2 Å². The predicted molar refractivity (Wildman–Crippen MR) is 59.8 cm³/mol.